The predicted molar refractivity (Wildman–Crippen MR) is 115 cm³/mol. The Morgan fingerprint density at radius 1 is 1.29 bits per heavy atom. The van der Waals surface area contributed by atoms with Gasteiger partial charge in [-0.15, -0.1) is 0 Å². The van der Waals surface area contributed by atoms with Crippen LogP contribution in [0.3, 0.4) is 0 Å². The summed E-state index contributed by atoms with van der Waals surface area (Å²) in [5.74, 6) is -0.278. The second-order valence-electron chi connectivity index (χ2n) is 6.57. The molecule has 1 aromatic heterocycles. The van der Waals surface area contributed by atoms with E-state index < -0.39 is 17.9 Å². The molecule has 2 aromatic rings. The highest BCUT2D eigenvalue weighted by molar-refractivity contribution is 8.26. The van der Waals surface area contributed by atoms with E-state index in [1.807, 2.05) is 18.2 Å². The van der Waals surface area contributed by atoms with Crippen molar-refractivity contribution in [3.05, 3.63) is 52.6 Å². The second kappa shape index (κ2) is 8.75. The number of nitrogens with zero attached hydrogens (tertiary/aromatic N) is 1. The number of carbonyl (C=O) groups excluding carboxylic acids is 1. The van der Waals surface area contributed by atoms with Gasteiger partial charge in [-0.2, -0.15) is 0 Å². The standard InChI is InChI=1S/C21H21NO4S2/c1-3-4-5-14-6-8-15(9-7-14)17-11-10-16(26-17)12-18-19(23)22(21(27)28-18)13(2)20(24)25/h6-13H,3-5H2,1-2H3,(H,24,25)/b18-12-. The molecule has 3 rings (SSSR count). The number of aliphatic carboxylic acids is 1. The molecule has 1 aliphatic rings. The van der Waals surface area contributed by atoms with E-state index >= 15 is 0 Å². The number of thiocarbonyl (C=S) groups is 1. The van der Waals surface area contributed by atoms with Crippen molar-refractivity contribution in [3.63, 3.8) is 0 Å². The predicted octanol–water partition coefficient (Wildman–Crippen LogP) is 4.96. The van der Waals surface area contributed by atoms with E-state index in [2.05, 4.69) is 19.1 Å². The number of hydrogen-bond donors (Lipinski definition) is 1. The zero-order valence-electron chi connectivity index (χ0n) is 15.7. The number of unbranched alkanes of at least 4 members (excludes halogenated alkanes) is 1. The summed E-state index contributed by atoms with van der Waals surface area (Å²) in [7, 11) is 0. The van der Waals surface area contributed by atoms with Crippen LogP contribution < -0.4 is 0 Å². The van der Waals surface area contributed by atoms with Gasteiger partial charge in [-0.3, -0.25) is 9.69 Å². The molecule has 1 N–H and O–H groups in total. The van der Waals surface area contributed by atoms with Gasteiger partial charge in [0.05, 0.1) is 4.91 Å². The fraction of sp³-hybridized carbons (Fsp3) is 0.286. The molecule has 1 unspecified atom stereocenters. The van der Waals surface area contributed by atoms with Gasteiger partial charge in [-0.05, 0) is 37.5 Å². The maximum Gasteiger partial charge on any atom is 0.326 e. The van der Waals surface area contributed by atoms with Gasteiger partial charge in [0, 0.05) is 11.6 Å². The Hall–Kier alpha value is -2.38. The first kappa shape index (κ1) is 20.4. The van der Waals surface area contributed by atoms with E-state index in [0.29, 0.717) is 16.4 Å². The minimum Gasteiger partial charge on any atom is -0.480 e. The lowest BCUT2D eigenvalue weighted by atomic mass is 10.1. The fourth-order valence-corrected chi connectivity index (χ4v) is 4.25. The number of amides is 1. The van der Waals surface area contributed by atoms with Gasteiger partial charge >= 0.3 is 5.97 Å². The van der Waals surface area contributed by atoms with Crippen LogP contribution in [0.25, 0.3) is 17.4 Å². The molecule has 0 spiro atoms. The Morgan fingerprint density at radius 2 is 2.00 bits per heavy atom. The first-order valence-electron chi connectivity index (χ1n) is 9.09. The van der Waals surface area contributed by atoms with E-state index in [1.54, 1.807) is 12.1 Å². The molecule has 1 saturated heterocycles. The number of rotatable bonds is 7. The third-order valence-corrected chi connectivity index (χ3v) is 5.86. The first-order valence-corrected chi connectivity index (χ1v) is 10.3. The van der Waals surface area contributed by atoms with Crippen LogP contribution in [0.1, 0.15) is 38.0 Å². The van der Waals surface area contributed by atoms with E-state index in [0.717, 1.165) is 28.6 Å². The van der Waals surface area contributed by atoms with Gasteiger partial charge in [-0.25, -0.2) is 4.79 Å². The van der Waals surface area contributed by atoms with Gasteiger partial charge in [-0.1, -0.05) is 61.6 Å². The average molecular weight is 416 g/mol. The average Bonchev–Trinajstić information content (AvgIpc) is 3.24. The zero-order valence-corrected chi connectivity index (χ0v) is 17.3. The Morgan fingerprint density at radius 3 is 2.64 bits per heavy atom. The van der Waals surface area contributed by atoms with Gasteiger partial charge in [0.15, 0.2) is 0 Å². The molecule has 146 valence electrons. The molecule has 5 nitrogen and oxygen atoms in total. The summed E-state index contributed by atoms with van der Waals surface area (Å²) in [6.45, 7) is 3.61. The van der Waals surface area contributed by atoms with Crippen molar-refractivity contribution in [1.29, 1.82) is 0 Å². The molecule has 1 fully saturated rings. The molecule has 28 heavy (non-hydrogen) atoms. The van der Waals surface area contributed by atoms with Crippen LogP contribution in [0.4, 0.5) is 0 Å². The zero-order chi connectivity index (χ0) is 20.3. The molecule has 1 amide bonds. The summed E-state index contributed by atoms with van der Waals surface area (Å²) in [5, 5.41) is 9.15. The fourth-order valence-electron chi connectivity index (χ4n) is 2.86. The van der Waals surface area contributed by atoms with Crippen LogP contribution in [0.15, 0.2) is 45.7 Å². The quantitative estimate of drug-likeness (QED) is 0.509. The molecule has 0 bridgehead atoms. The van der Waals surface area contributed by atoms with Crippen LogP contribution in [0.2, 0.25) is 0 Å². The minimum atomic E-state index is -1.10. The second-order valence-corrected chi connectivity index (χ2v) is 8.24. The number of carbonyl (C=O) groups is 2. The van der Waals surface area contributed by atoms with Crippen LogP contribution in [0.5, 0.6) is 0 Å². The lowest BCUT2D eigenvalue weighted by Gasteiger charge is -2.18. The Labute approximate surface area is 173 Å². The number of benzene rings is 1. The normalized spacial score (nSPS) is 16.8. The summed E-state index contributed by atoms with van der Waals surface area (Å²) in [4.78, 5) is 25.2. The van der Waals surface area contributed by atoms with Crippen molar-refractivity contribution in [3.8, 4) is 11.3 Å². The molecule has 0 radical (unpaired) electrons. The van der Waals surface area contributed by atoms with Gasteiger partial charge in [0.25, 0.3) is 5.91 Å². The SMILES string of the molecule is CCCCc1ccc(-c2ccc(/C=C3\SC(=S)N(C(C)C(=O)O)C3=O)o2)cc1. The number of carboxylic acid groups (broad SMARTS) is 1. The number of aryl methyl sites for hydroxylation is 1. The molecule has 7 heteroatoms. The van der Waals surface area contributed by atoms with Crippen molar-refractivity contribution in [1.82, 2.24) is 4.90 Å². The maximum absolute atomic E-state index is 12.5. The number of thioether (sulfide) groups is 1. The molecule has 0 saturated carbocycles. The van der Waals surface area contributed by atoms with Crippen LogP contribution >= 0.6 is 24.0 Å². The first-order chi connectivity index (χ1) is 13.4. The molecule has 1 atom stereocenters. The van der Waals surface area contributed by atoms with E-state index in [4.69, 9.17) is 21.7 Å². The van der Waals surface area contributed by atoms with Crippen molar-refractivity contribution in [2.45, 2.75) is 39.2 Å². The number of furan rings is 1. The van der Waals surface area contributed by atoms with Crippen LogP contribution in [-0.4, -0.2) is 32.2 Å². The van der Waals surface area contributed by atoms with Crippen LogP contribution in [-0.2, 0) is 16.0 Å². The summed E-state index contributed by atoms with van der Waals surface area (Å²) in [6.07, 6.45) is 5.01. The van der Waals surface area contributed by atoms with E-state index in [-0.39, 0.29) is 4.32 Å². The minimum absolute atomic E-state index is 0.237. The summed E-state index contributed by atoms with van der Waals surface area (Å²) >= 11 is 6.25. The van der Waals surface area contributed by atoms with E-state index in [9.17, 15) is 9.59 Å². The molecule has 1 aromatic carbocycles. The molecule has 1 aliphatic heterocycles. The molecule has 2 heterocycles. The number of carboxylic acids is 1. The van der Waals surface area contributed by atoms with Crippen LogP contribution in [0, 0.1) is 0 Å². The Kier molecular flexibility index (Phi) is 6.36. The molecule has 0 aliphatic carbocycles. The monoisotopic (exact) mass is 415 g/mol. The van der Waals surface area contributed by atoms with Crippen molar-refractivity contribution in [2.24, 2.45) is 0 Å². The highest BCUT2D eigenvalue weighted by Gasteiger charge is 2.38. The molecular weight excluding hydrogens is 394 g/mol. The van der Waals surface area contributed by atoms with Gasteiger partial charge < -0.3 is 9.52 Å². The largest absolute Gasteiger partial charge is 0.480 e. The summed E-state index contributed by atoms with van der Waals surface area (Å²) in [6, 6.07) is 10.9. The lowest BCUT2D eigenvalue weighted by molar-refractivity contribution is -0.144. The third kappa shape index (κ3) is 4.36. The van der Waals surface area contributed by atoms with Gasteiger partial charge in [0.1, 0.15) is 21.9 Å². The Bertz CT molecular complexity index is 930. The lowest BCUT2D eigenvalue weighted by Crippen LogP contribution is -2.41. The molecular formula is C21H21NO4S2. The van der Waals surface area contributed by atoms with Gasteiger partial charge in [0.2, 0.25) is 0 Å². The highest BCUT2D eigenvalue weighted by atomic mass is 32.2. The third-order valence-electron chi connectivity index (χ3n) is 4.53. The van der Waals surface area contributed by atoms with Crippen molar-refractivity contribution < 1.29 is 19.1 Å². The van der Waals surface area contributed by atoms with Crippen molar-refractivity contribution in [2.75, 3.05) is 0 Å². The number of hydrogen-bond acceptors (Lipinski definition) is 5. The maximum atomic E-state index is 12.5. The van der Waals surface area contributed by atoms with Crippen molar-refractivity contribution >= 4 is 46.3 Å². The van der Waals surface area contributed by atoms with E-state index in [1.165, 1.54) is 25.3 Å². The summed E-state index contributed by atoms with van der Waals surface area (Å²) < 4.78 is 6.10. The Balaban J connectivity index is 1.76. The smallest absolute Gasteiger partial charge is 0.326 e. The summed E-state index contributed by atoms with van der Waals surface area (Å²) in [5.41, 5.74) is 2.26. The highest BCUT2D eigenvalue weighted by Crippen LogP contribution is 2.35. The topological polar surface area (TPSA) is 70.8 Å².